The molecule has 0 spiro atoms. The number of nitrogens with one attached hydrogen (secondary N) is 2. The minimum atomic E-state index is -1.38. The molecule has 2 saturated heterocycles. The number of aliphatic hydroxyl groups excluding tert-OH is 5. The smallest absolute Gasteiger partial charge is 0.222 e. The molecule has 0 saturated carbocycles. The molecule has 0 aliphatic carbocycles. The van der Waals surface area contributed by atoms with E-state index in [1.54, 1.807) is 4.90 Å². The third-order valence-electron chi connectivity index (χ3n) is 7.32. The van der Waals surface area contributed by atoms with E-state index in [9.17, 15) is 39.9 Å². The molecule has 2 heterocycles. The second-order valence-electron chi connectivity index (χ2n) is 10.3. The summed E-state index contributed by atoms with van der Waals surface area (Å²) < 4.78 is 11.1. The predicted molar refractivity (Wildman–Crippen MR) is 134 cm³/mol. The standard InChI is InChI=1S/C25H45N3O10/c1-17(32)27-21-23(36)22(35)18(14-29)38-24(21)37-13-5-6-19(33)26-10-4-2-3-7-20(34)28-11-8-25(15-30,16-31)9-12-28/h18,21-24,29-31,35-36H,2-16H2,1H3,(H,26,33)(H,27,32)/t18-,21-,22+,23-,24-/m1/s1. The highest BCUT2D eigenvalue weighted by Crippen LogP contribution is 2.30. The van der Waals surface area contributed by atoms with E-state index >= 15 is 0 Å². The van der Waals surface area contributed by atoms with Crippen molar-refractivity contribution in [1.29, 1.82) is 0 Å². The molecule has 0 bridgehead atoms. The number of ether oxygens (including phenoxy) is 2. The Kier molecular flexibility index (Phi) is 13.9. The molecule has 2 rings (SSSR count). The topological polar surface area (TPSA) is 198 Å². The number of carbonyl (C=O) groups excluding carboxylic acids is 3. The quantitative estimate of drug-likeness (QED) is 0.113. The third kappa shape index (κ3) is 9.70. The van der Waals surface area contributed by atoms with E-state index in [0.717, 1.165) is 19.3 Å². The van der Waals surface area contributed by atoms with Gasteiger partial charge in [-0.1, -0.05) is 6.42 Å². The number of nitrogens with zero attached hydrogens (tertiary/aromatic N) is 1. The molecule has 2 aliphatic rings. The average Bonchev–Trinajstić information content (AvgIpc) is 2.91. The third-order valence-corrected chi connectivity index (χ3v) is 7.32. The van der Waals surface area contributed by atoms with Gasteiger partial charge >= 0.3 is 0 Å². The molecule has 0 aromatic rings. The lowest BCUT2D eigenvalue weighted by atomic mass is 9.80. The fourth-order valence-electron chi connectivity index (χ4n) is 4.69. The van der Waals surface area contributed by atoms with E-state index < -0.39 is 48.6 Å². The molecule has 3 amide bonds. The fraction of sp³-hybridized carbons (Fsp3) is 0.880. The minimum Gasteiger partial charge on any atom is -0.396 e. The van der Waals surface area contributed by atoms with Gasteiger partial charge in [0.15, 0.2) is 6.29 Å². The van der Waals surface area contributed by atoms with Gasteiger partial charge in [-0.15, -0.1) is 0 Å². The van der Waals surface area contributed by atoms with Crippen LogP contribution in [0.4, 0.5) is 0 Å². The summed E-state index contributed by atoms with van der Waals surface area (Å²) in [6, 6.07) is -1.02. The van der Waals surface area contributed by atoms with Gasteiger partial charge in [0.25, 0.3) is 0 Å². The summed E-state index contributed by atoms with van der Waals surface area (Å²) in [6.45, 7) is 2.27. The monoisotopic (exact) mass is 547 g/mol. The van der Waals surface area contributed by atoms with E-state index in [2.05, 4.69) is 10.6 Å². The van der Waals surface area contributed by atoms with E-state index in [1.807, 2.05) is 0 Å². The second kappa shape index (κ2) is 16.3. The van der Waals surface area contributed by atoms with E-state index in [0.29, 0.717) is 45.3 Å². The first kappa shape index (κ1) is 32.3. The Morgan fingerprint density at radius 2 is 1.66 bits per heavy atom. The Morgan fingerprint density at radius 3 is 2.26 bits per heavy atom. The summed E-state index contributed by atoms with van der Waals surface area (Å²) in [5, 5.41) is 53.9. The van der Waals surface area contributed by atoms with Crippen molar-refractivity contribution >= 4 is 17.7 Å². The predicted octanol–water partition coefficient (Wildman–Crippen LogP) is -2.00. The van der Waals surface area contributed by atoms with Crippen molar-refractivity contribution in [2.75, 3.05) is 46.1 Å². The van der Waals surface area contributed by atoms with Crippen molar-refractivity contribution in [3.63, 3.8) is 0 Å². The van der Waals surface area contributed by atoms with Gasteiger partial charge in [0.05, 0.1) is 26.4 Å². The first-order valence-corrected chi connectivity index (χ1v) is 13.4. The van der Waals surface area contributed by atoms with Crippen LogP contribution in [0.15, 0.2) is 0 Å². The molecule has 2 fully saturated rings. The molecule has 0 aromatic heterocycles. The zero-order chi connectivity index (χ0) is 28.1. The number of amides is 3. The summed E-state index contributed by atoms with van der Waals surface area (Å²) in [5.41, 5.74) is -0.477. The van der Waals surface area contributed by atoms with Gasteiger partial charge in [0.2, 0.25) is 17.7 Å². The van der Waals surface area contributed by atoms with Gasteiger partial charge in [0, 0.05) is 44.8 Å². The highest BCUT2D eigenvalue weighted by atomic mass is 16.7. The first-order chi connectivity index (χ1) is 18.2. The number of rotatable bonds is 15. The number of hydrogen-bond acceptors (Lipinski definition) is 10. The van der Waals surface area contributed by atoms with Gasteiger partial charge in [0.1, 0.15) is 24.4 Å². The first-order valence-electron chi connectivity index (χ1n) is 13.4. The molecule has 7 N–H and O–H groups in total. The number of piperidine rings is 1. The molecule has 13 nitrogen and oxygen atoms in total. The number of likely N-dealkylation sites (tertiary alicyclic amines) is 1. The molecule has 220 valence electrons. The Morgan fingerprint density at radius 1 is 0.974 bits per heavy atom. The van der Waals surface area contributed by atoms with Crippen LogP contribution < -0.4 is 10.6 Å². The van der Waals surface area contributed by atoms with Gasteiger partial charge in [-0.3, -0.25) is 14.4 Å². The Balaban J connectivity index is 1.56. The van der Waals surface area contributed by atoms with Gasteiger partial charge in [-0.2, -0.15) is 0 Å². The van der Waals surface area contributed by atoms with Crippen molar-refractivity contribution in [2.24, 2.45) is 5.41 Å². The van der Waals surface area contributed by atoms with Crippen LogP contribution in [0.25, 0.3) is 0 Å². The van der Waals surface area contributed by atoms with Crippen molar-refractivity contribution < 1.29 is 49.4 Å². The lowest BCUT2D eigenvalue weighted by Gasteiger charge is -2.42. The van der Waals surface area contributed by atoms with Crippen LogP contribution in [0.2, 0.25) is 0 Å². The Bertz CT molecular complexity index is 741. The maximum absolute atomic E-state index is 12.4. The average molecular weight is 548 g/mol. The molecular formula is C25H45N3O10. The highest BCUT2D eigenvalue weighted by Gasteiger charge is 2.45. The largest absolute Gasteiger partial charge is 0.396 e. The van der Waals surface area contributed by atoms with Crippen LogP contribution >= 0.6 is 0 Å². The van der Waals surface area contributed by atoms with Crippen molar-refractivity contribution in [2.45, 2.75) is 88.9 Å². The van der Waals surface area contributed by atoms with Crippen molar-refractivity contribution in [1.82, 2.24) is 15.5 Å². The van der Waals surface area contributed by atoms with Gasteiger partial charge < -0.3 is 50.5 Å². The summed E-state index contributed by atoms with van der Waals surface area (Å²) in [5.74, 6) is -0.516. The van der Waals surface area contributed by atoms with Crippen LogP contribution in [-0.4, -0.2) is 125 Å². The summed E-state index contributed by atoms with van der Waals surface area (Å²) in [4.78, 5) is 37.7. The molecule has 0 unspecified atom stereocenters. The lowest BCUT2D eigenvalue weighted by molar-refractivity contribution is -0.270. The zero-order valence-electron chi connectivity index (χ0n) is 22.2. The van der Waals surface area contributed by atoms with Crippen LogP contribution in [0, 0.1) is 5.41 Å². The summed E-state index contributed by atoms with van der Waals surface area (Å²) >= 11 is 0. The van der Waals surface area contributed by atoms with E-state index in [1.165, 1.54) is 6.92 Å². The number of unbranched alkanes of at least 4 members (excludes halogenated alkanes) is 2. The molecule has 5 atom stereocenters. The Hall–Kier alpha value is -1.87. The zero-order valence-corrected chi connectivity index (χ0v) is 22.2. The van der Waals surface area contributed by atoms with E-state index in [-0.39, 0.29) is 38.1 Å². The van der Waals surface area contributed by atoms with Crippen molar-refractivity contribution in [3.8, 4) is 0 Å². The SMILES string of the molecule is CC(=O)N[C@H]1[C@H](OCCCC(=O)NCCCCCC(=O)N2CCC(CO)(CO)CC2)O[C@H](CO)[C@H](O)[C@@H]1O. The highest BCUT2D eigenvalue weighted by molar-refractivity contribution is 5.76. The van der Waals surface area contributed by atoms with E-state index in [4.69, 9.17) is 9.47 Å². The van der Waals surface area contributed by atoms with Crippen LogP contribution in [0.5, 0.6) is 0 Å². The van der Waals surface area contributed by atoms with Crippen LogP contribution in [-0.2, 0) is 23.9 Å². The molecular weight excluding hydrogens is 502 g/mol. The molecule has 13 heteroatoms. The Labute approximate surface area is 223 Å². The maximum atomic E-state index is 12.4. The fourth-order valence-corrected chi connectivity index (χ4v) is 4.69. The molecule has 2 aliphatic heterocycles. The normalized spacial score (nSPS) is 27.1. The van der Waals surface area contributed by atoms with Crippen LogP contribution in [0.1, 0.15) is 58.3 Å². The van der Waals surface area contributed by atoms with Gasteiger partial charge in [-0.05, 0) is 32.1 Å². The molecule has 0 radical (unpaired) electrons. The second-order valence-corrected chi connectivity index (χ2v) is 10.3. The summed E-state index contributed by atoms with van der Waals surface area (Å²) in [7, 11) is 0. The molecule has 38 heavy (non-hydrogen) atoms. The maximum Gasteiger partial charge on any atom is 0.222 e. The molecule has 0 aromatic carbocycles. The van der Waals surface area contributed by atoms with Gasteiger partial charge in [-0.25, -0.2) is 0 Å². The van der Waals surface area contributed by atoms with Crippen molar-refractivity contribution in [3.05, 3.63) is 0 Å². The van der Waals surface area contributed by atoms with Crippen LogP contribution in [0.3, 0.4) is 0 Å². The minimum absolute atomic E-state index is 0.0710. The number of carbonyl (C=O) groups is 3. The number of aliphatic hydroxyl groups is 5. The summed E-state index contributed by atoms with van der Waals surface area (Å²) in [6.07, 6.45) is -0.474. The lowest BCUT2D eigenvalue weighted by Crippen LogP contribution is -2.64. The number of hydrogen-bond donors (Lipinski definition) is 7.